The van der Waals surface area contributed by atoms with Crippen molar-refractivity contribution in [3.63, 3.8) is 0 Å². The number of carbonyl (C=O) groups is 1. The Morgan fingerprint density at radius 2 is 1.85 bits per heavy atom. The van der Waals surface area contributed by atoms with Crippen LogP contribution in [0.4, 0.5) is 5.82 Å². The number of carbonyl (C=O) groups excluding carboxylic acids is 1. The summed E-state index contributed by atoms with van der Waals surface area (Å²) in [5.74, 6) is 0.707. The maximum atomic E-state index is 12.0. The van der Waals surface area contributed by atoms with Gasteiger partial charge in [0.05, 0.1) is 5.44 Å². The number of nitrogens with one attached hydrogen (secondary N) is 1. The third kappa shape index (κ3) is 3.38. The molecule has 1 aromatic rings. The average molecular weight is 292 g/mol. The number of aromatic nitrogens is 1. The number of pyridine rings is 1. The normalized spacial score (nSPS) is 23.9. The lowest BCUT2D eigenvalue weighted by atomic mass is 9.96. The second kappa shape index (κ2) is 5.81. The van der Waals surface area contributed by atoms with E-state index < -0.39 is 5.41 Å². The molecule has 0 bridgehead atoms. The van der Waals surface area contributed by atoms with Gasteiger partial charge in [-0.1, -0.05) is 40.7 Å². The Bertz CT molecular complexity index is 485. The van der Waals surface area contributed by atoms with Gasteiger partial charge in [0.25, 0.3) is 0 Å². The minimum Gasteiger partial charge on any atom is -0.310 e. The van der Waals surface area contributed by atoms with E-state index in [9.17, 15) is 4.79 Å². The summed E-state index contributed by atoms with van der Waals surface area (Å²) in [6.45, 7) is 10.4. The van der Waals surface area contributed by atoms with Gasteiger partial charge in [0, 0.05) is 5.41 Å². The van der Waals surface area contributed by atoms with Crippen molar-refractivity contribution >= 4 is 25.1 Å². The van der Waals surface area contributed by atoms with Crippen LogP contribution in [0, 0.1) is 5.41 Å². The Morgan fingerprint density at radius 3 is 2.40 bits per heavy atom. The van der Waals surface area contributed by atoms with E-state index in [-0.39, 0.29) is 13.8 Å². The van der Waals surface area contributed by atoms with Gasteiger partial charge in [-0.2, -0.15) is 0 Å². The fourth-order valence-corrected chi connectivity index (χ4v) is 5.70. The van der Waals surface area contributed by atoms with Crippen molar-refractivity contribution in [1.82, 2.24) is 4.98 Å². The summed E-state index contributed by atoms with van der Waals surface area (Å²) in [6, 6.07) is 6.02. The molecule has 1 aliphatic rings. The van der Waals surface area contributed by atoms with E-state index in [0.29, 0.717) is 5.82 Å². The maximum absolute atomic E-state index is 12.0. The van der Waals surface area contributed by atoms with E-state index in [0.717, 1.165) is 11.3 Å². The van der Waals surface area contributed by atoms with Crippen LogP contribution in [0.15, 0.2) is 18.2 Å². The van der Waals surface area contributed by atoms with E-state index in [1.807, 2.05) is 32.9 Å². The largest absolute Gasteiger partial charge is 0.310 e. The van der Waals surface area contributed by atoms with Crippen molar-refractivity contribution in [1.29, 1.82) is 0 Å². The van der Waals surface area contributed by atoms with Gasteiger partial charge in [0.15, 0.2) is 0 Å². The molecule has 1 N–H and O–H groups in total. The number of nitrogens with zero attached hydrogens (tertiary/aromatic N) is 1. The first-order valence-electron chi connectivity index (χ1n) is 7.36. The minimum absolute atomic E-state index is 0.0162. The predicted octanol–water partition coefficient (Wildman–Crippen LogP) is 3.74. The van der Waals surface area contributed by atoms with E-state index in [1.165, 1.54) is 18.3 Å². The van der Waals surface area contributed by atoms with Crippen LogP contribution >= 0.6 is 7.92 Å². The molecule has 1 aromatic heterocycles. The van der Waals surface area contributed by atoms with Crippen LogP contribution in [-0.2, 0) is 4.79 Å². The molecule has 1 aliphatic heterocycles. The van der Waals surface area contributed by atoms with Crippen molar-refractivity contribution in [2.24, 2.45) is 5.41 Å². The summed E-state index contributed by atoms with van der Waals surface area (Å²) >= 11 is 0. The molecule has 0 spiro atoms. The molecular weight excluding hydrogens is 267 g/mol. The van der Waals surface area contributed by atoms with Gasteiger partial charge < -0.3 is 5.32 Å². The van der Waals surface area contributed by atoms with Crippen LogP contribution in [0.3, 0.4) is 0 Å². The van der Waals surface area contributed by atoms with Crippen molar-refractivity contribution < 1.29 is 4.79 Å². The summed E-state index contributed by atoms with van der Waals surface area (Å²) in [7, 11) is -0.194. The van der Waals surface area contributed by atoms with Crippen LogP contribution < -0.4 is 10.8 Å². The molecule has 0 aliphatic carbocycles. The Balaban J connectivity index is 2.18. The van der Waals surface area contributed by atoms with Gasteiger partial charge in [0.2, 0.25) is 5.91 Å². The summed E-state index contributed by atoms with van der Waals surface area (Å²) < 4.78 is 0. The van der Waals surface area contributed by atoms with E-state index in [4.69, 9.17) is 4.98 Å². The second-order valence-electron chi connectivity index (χ2n) is 6.77. The number of hydrogen-bond donors (Lipinski definition) is 1. The first-order chi connectivity index (χ1) is 9.29. The topological polar surface area (TPSA) is 42.0 Å². The van der Waals surface area contributed by atoms with Crippen molar-refractivity contribution in [3.05, 3.63) is 18.2 Å². The van der Waals surface area contributed by atoms with Crippen molar-refractivity contribution in [2.45, 2.75) is 58.8 Å². The monoisotopic (exact) mass is 292 g/mol. The van der Waals surface area contributed by atoms with Crippen LogP contribution in [0.1, 0.15) is 47.5 Å². The Kier molecular flexibility index (Phi) is 4.49. The summed E-state index contributed by atoms with van der Waals surface area (Å²) in [5, 5.41) is 2.94. The highest BCUT2D eigenvalue weighted by Gasteiger charge is 2.32. The third-order valence-electron chi connectivity index (χ3n) is 3.87. The van der Waals surface area contributed by atoms with Crippen LogP contribution in [0.25, 0.3) is 0 Å². The first kappa shape index (κ1) is 15.4. The molecule has 2 heterocycles. The van der Waals surface area contributed by atoms with Gasteiger partial charge in [-0.05, 0) is 44.2 Å². The zero-order valence-electron chi connectivity index (χ0n) is 13.1. The predicted molar refractivity (Wildman–Crippen MR) is 87.0 cm³/mol. The van der Waals surface area contributed by atoms with Crippen molar-refractivity contribution in [3.8, 4) is 0 Å². The molecule has 2 atom stereocenters. The maximum Gasteiger partial charge on any atom is 0.230 e. The number of amides is 1. The Hall–Kier alpha value is -0.950. The van der Waals surface area contributed by atoms with Gasteiger partial charge in [-0.25, -0.2) is 4.98 Å². The first-order valence-corrected chi connectivity index (χ1v) is 8.84. The molecule has 4 heteroatoms. The van der Waals surface area contributed by atoms with E-state index in [1.54, 1.807) is 0 Å². The molecule has 0 unspecified atom stereocenters. The Labute approximate surface area is 123 Å². The summed E-state index contributed by atoms with van der Waals surface area (Å²) in [6.07, 6.45) is 2.60. The molecule has 0 aromatic carbocycles. The highest BCUT2D eigenvalue weighted by atomic mass is 31.1. The van der Waals surface area contributed by atoms with Crippen LogP contribution in [0.5, 0.6) is 0 Å². The highest BCUT2D eigenvalue weighted by molar-refractivity contribution is 7.67. The summed E-state index contributed by atoms with van der Waals surface area (Å²) in [5.41, 5.74) is 2.27. The van der Waals surface area contributed by atoms with Crippen molar-refractivity contribution in [2.75, 3.05) is 5.32 Å². The van der Waals surface area contributed by atoms with Gasteiger partial charge in [-0.15, -0.1) is 0 Å². The molecule has 0 radical (unpaired) electrons. The standard InChI is InChI=1S/C16H25N2OP/c1-11-9-10-12(2)20(11)14-8-6-7-13(17-14)18-15(19)16(3,4)5/h6-8,11-12H,9-10H2,1-5H3,(H,17,18,19)/t11-,12-/m1/s1. The Morgan fingerprint density at radius 1 is 1.25 bits per heavy atom. The van der Waals surface area contributed by atoms with Gasteiger partial charge in [-0.3, -0.25) is 4.79 Å². The minimum atomic E-state index is -0.392. The van der Waals surface area contributed by atoms with Crippen LogP contribution in [-0.4, -0.2) is 22.2 Å². The molecule has 1 saturated heterocycles. The van der Waals surface area contributed by atoms with E-state index in [2.05, 4.69) is 25.2 Å². The zero-order valence-corrected chi connectivity index (χ0v) is 14.0. The smallest absolute Gasteiger partial charge is 0.230 e. The zero-order chi connectivity index (χ0) is 14.9. The van der Waals surface area contributed by atoms with E-state index >= 15 is 0 Å². The van der Waals surface area contributed by atoms with Gasteiger partial charge >= 0.3 is 0 Å². The summed E-state index contributed by atoms with van der Waals surface area (Å²) in [4.78, 5) is 16.8. The molecular formula is C16H25N2OP. The van der Waals surface area contributed by atoms with Gasteiger partial charge in [0.1, 0.15) is 5.82 Å². The molecule has 1 fully saturated rings. The SMILES string of the molecule is C[C@@H]1CC[C@@H](C)P1c1cccc(NC(=O)C(C)(C)C)n1. The molecule has 110 valence electrons. The lowest BCUT2D eigenvalue weighted by molar-refractivity contribution is -0.123. The number of rotatable bonds is 2. The molecule has 1 amide bonds. The fraction of sp³-hybridized carbons (Fsp3) is 0.625. The average Bonchev–Trinajstić information content (AvgIpc) is 2.68. The second-order valence-corrected chi connectivity index (χ2v) is 9.80. The lowest BCUT2D eigenvalue weighted by Crippen LogP contribution is -2.29. The fourth-order valence-electron chi connectivity index (χ4n) is 2.59. The highest BCUT2D eigenvalue weighted by Crippen LogP contribution is 2.53. The molecule has 0 saturated carbocycles. The molecule has 2 rings (SSSR count). The number of hydrogen-bond acceptors (Lipinski definition) is 2. The number of anilines is 1. The molecule has 3 nitrogen and oxygen atoms in total. The molecule has 20 heavy (non-hydrogen) atoms. The quantitative estimate of drug-likeness (QED) is 0.844. The lowest BCUT2D eigenvalue weighted by Gasteiger charge is -2.22. The third-order valence-corrected chi connectivity index (χ3v) is 7.07. The van der Waals surface area contributed by atoms with Crippen LogP contribution in [0.2, 0.25) is 0 Å².